The van der Waals surface area contributed by atoms with Crippen molar-refractivity contribution in [1.29, 1.82) is 0 Å². The standard InChI is InChI=1S/C28H27N3O4/c1-3-21(19-13-8-5-9-14-19)29-23-24(27(34)26(23)33)30-22-16-10-15-20(25(22)32)28(35)31(2)17-18-11-6-4-7-12-18/h4-16,21,29-30,32H,3,17H2,1-2H3/t21-/m1/s1. The maximum atomic E-state index is 13.0. The van der Waals surface area contributed by atoms with Crippen LogP contribution in [0.5, 0.6) is 5.75 Å². The van der Waals surface area contributed by atoms with E-state index < -0.39 is 10.9 Å². The normalized spacial score (nSPS) is 11.7. The van der Waals surface area contributed by atoms with Crippen LogP contribution in [0.3, 0.4) is 0 Å². The van der Waals surface area contributed by atoms with Gasteiger partial charge in [0.15, 0.2) is 5.75 Å². The van der Waals surface area contributed by atoms with Gasteiger partial charge in [-0.3, -0.25) is 14.4 Å². The highest BCUT2D eigenvalue weighted by atomic mass is 16.3. The predicted octanol–water partition coefficient (Wildman–Crippen LogP) is 4.57. The van der Waals surface area contributed by atoms with Crippen molar-refractivity contribution in [1.82, 2.24) is 4.90 Å². The Labute approximate surface area is 203 Å². The second-order valence-electron chi connectivity index (χ2n) is 8.40. The number of rotatable bonds is 9. The van der Waals surface area contributed by atoms with E-state index in [9.17, 15) is 19.5 Å². The summed E-state index contributed by atoms with van der Waals surface area (Å²) >= 11 is 0. The molecule has 0 unspecified atom stereocenters. The van der Waals surface area contributed by atoms with Crippen LogP contribution in [0.15, 0.2) is 88.5 Å². The van der Waals surface area contributed by atoms with Crippen LogP contribution in [-0.4, -0.2) is 23.0 Å². The first kappa shape index (κ1) is 23.8. The van der Waals surface area contributed by atoms with E-state index in [-0.39, 0.29) is 40.3 Å². The molecule has 1 amide bonds. The second kappa shape index (κ2) is 10.3. The van der Waals surface area contributed by atoms with Gasteiger partial charge < -0.3 is 20.6 Å². The lowest BCUT2D eigenvalue weighted by Gasteiger charge is -2.23. The number of anilines is 3. The summed E-state index contributed by atoms with van der Waals surface area (Å²) < 4.78 is 0. The molecule has 0 saturated carbocycles. The zero-order chi connectivity index (χ0) is 24.9. The van der Waals surface area contributed by atoms with Crippen LogP contribution in [0.2, 0.25) is 0 Å². The summed E-state index contributed by atoms with van der Waals surface area (Å²) in [5.41, 5.74) is 1.17. The molecule has 0 bridgehead atoms. The van der Waals surface area contributed by atoms with Gasteiger partial charge in [0.1, 0.15) is 11.4 Å². The predicted molar refractivity (Wildman–Crippen MR) is 138 cm³/mol. The molecule has 0 radical (unpaired) electrons. The van der Waals surface area contributed by atoms with Crippen LogP contribution in [0.1, 0.15) is 40.9 Å². The van der Waals surface area contributed by atoms with E-state index in [1.807, 2.05) is 67.6 Å². The summed E-state index contributed by atoms with van der Waals surface area (Å²) in [7, 11) is 1.65. The van der Waals surface area contributed by atoms with Gasteiger partial charge in [-0.1, -0.05) is 73.7 Å². The van der Waals surface area contributed by atoms with E-state index in [1.165, 1.54) is 11.0 Å². The summed E-state index contributed by atoms with van der Waals surface area (Å²) in [6.45, 7) is 2.36. The third-order valence-electron chi connectivity index (χ3n) is 5.97. The number of aromatic hydroxyl groups is 1. The van der Waals surface area contributed by atoms with Crippen molar-refractivity contribution >= 4 is 23.0 Å². The Morgan fingerprint density at radius 1 is 0.886 bits per heavy atom. The minimum Gasteiger partial charge on any atom is -0.505 e. The van der Waals surface area contributed by atoms with E-state index >= 15 is 0 Å². The number of para-hydroxylation sites is 1. The van der Waals surface area contributed by atoms with Gasteiger partial charge >= 0.3 is 0 Å². The Balaban J connectivity index is 1.55. The fourth-order valence-electron chi connectivity index (χ4n) is 4.02. The van der Waals surface area contributed by atoms with Gasteiger partial charge in [-0.05, 0) is 29.7 Å². The summed E-state index contributed by atoms with van der Waals surface area (Å²) in [6, 6.07) is 23.7. The molecule has 0 heterocycles. The zero-order valence-electron chi connectivity index (χ0n) is 19.6. The number of carbonyl (C=O) groups excluding carboxylic acids is 1. The molecule has 178 valence electrons. The largest absolute Gasteiger partial charge is 0.505 e. The van der Waals surface area contributed by atoms with Gasteiger partial charge in [0.05, 0.1) is 17.3 Å². The van der Waals surface area contributed by atoms with Crippen LogP contribution in [-0.2, 0) is 6.54 Å². The monoisotopic (exact) mass is 469 g/mol. The highest BCUT2D eigenvalue weighted by molar-refractivity contribution is 5.99. The van der Waals surface area contributed by atoms with Crippen LogP contribution in [0.25, 0.3) is 0 Å². The van der Waals surface area contributed by atoms with Crippen molar-refractivity contribution in [2.24, 2.45) is 0 Å². The van der Waals surface area contributed by atoms with E-state index in [0.717, 1.165) is 11.1 Å². The van der Waals surface area contributed by atoms with Gasteiger partial charge in [0.25, 0.3) is 16.8 Å². The number of nitrogens with one attached hydrogen (secondary N) is 2. The van der Waals surface area contributed by atoms with Crippen LogP contribution in [0, 0.1) is 0 Å². The maximum Gasteiger partial charge on any atom is 0.257 e. The average Bonchev–Trinajstić information content (AvgIpc) is 2.89. The molecule has 0 saturated heterocycles. The number of benzene rings is 3. The summed E-state index contributed by atoms with van der Waals surface area (Å²) in [5.74, 6) is -0.653. The number of phenolic OH excluding ortho intramolecular Hbond substituents is 1. The SMILES string of the molecule is CC[C@@H](Nc1c(Nc2cccc(C(=O)N(C)Cc3ccccc3)c2O)c(=O)c1=O)c1ccccc1. The van der Waals surface area contributed by atoms with Crippen LogP contribution >= 0.6 is 0 Å². The van der Waals surface area contributed by atoms with Gasteiger partial charge in [0.2, 0.25) is 0 Å². The molecule has 0 aliphatic carbocycles. The Morgan fingerprint density at radius 2 is 1.51 bits per heavy atom. The summed E-state index contributed by atoms with van der Waals surface area (Å²) in [6.07, 6.45) is 0.700. The Morgan fingerprint density at radius 3 is 2.17 bits per heavy atom. The molecule has 0 aromatic heterocycles. The third-order valence-corrected chi connectivity index (χ3v) is 5.97. The minimum absolute atomic E-state index is 0.0712. The lowest BCUT2D eigenvalue weighted by Crippen LogP contribution is -2.37. The molecule has 0 spiro atoms. The highest BCUT2D eigenvalue weighted by Crippen LogP contribution is 2.33. The molecular weight excluding hydrogens is 442 g/mol. The van der Waals surface area contributed by atoms with E-state index in [4.69, 9.17) is 0 Å². The van der Waals surface area contributed by atoms with Crippen molar-refractivity contribution in [3.63, 3.8) is 0 Å². The lowest BCUT2D eigenvalue weighted by atomic mass is 10.0. The molecule has 0 fully saturated rings. The third kappa shape index (κ3) is 4.94. The van der Waals surface area contributed by atoms with Crippen molar-refractivity contribution in [2.75, 3.05) is 17.7 Å². The van der Waals surface area contributed by atoms with Gasteiger partial charge in [-0.2, -0.15) is 0 Å². The molecule has 4 aromatic carbocycles. The van der Waals surface area contributed by atoms with E-state index in [0.29, 0.717) is 13.0 Å². The van der Waals surface area contributed by atoms with Gasteiger partial charge in [-0.25, -0.2) is 0 Å². The van der Waals surface area contributed by atoms with Crippen molar-refractivity contribution < 1.29 is 9.90 Å². The molecule has 7 heteroatoms. The number of nitrogens with zero attached hydrogens (tertiary/aromatic N) is 1. The van der Waals surface area contributed by atoms with Gasteiger partial charge in [-0.15, -0.1) is 0 Å². The molecule has 7 nitrogen and oxygen atoms in total. The number of amides is 1. The Bertz CT molecular complexity index is 1390. The first-order chi connectivity index (χ1) is 16.9. The van der Waals surface area contributed by atoms with Crippen molar-refractivity contribution in [3.8, 4) is 5.75 Å². The molecule has 4 rings (SSSR count). The number of hydrogen-bond donors (Lipinski definition) is 3. The molecule has 35 heavy (non-hydrogen) atoms. The zero-order valence-corrected chi connectivity index (χ0v) is 19.6. The van der Waals surface area contributed by atoms with Crippen molar-refractivity contribution in [3.05, 3.63) is 116 Å². The van der Waals surface area contributed by atoms with E-state index in [1.54, 1.807) is 19.2 Å². The summed E-state index contributed by atoms with van der Waals surface area (Å²) in [5, 5.41) is 16.9. The molecule has 4 aromatic rings. The van der Waals surface area contributed by atoms with Gasteiger partial charge in [0, 0.05) is 13.6 Å². The number of hydrogen-bond acceptors (Lipinski definition) is 6. The smallest absolute Gasteiger partial charge is 0.257 e. The average molecular weight is 470 g/mol. The molecule has 0 aliphatic heterocycles. The highest BCUT2D eigenvalue weighted by Gasteiger charge is 2.25. The van der Waals surface area contributed by atoms with Crippen molar-refractivity contribution in [2.45, 2.75) is 25.9 Å². The quantitative estimate of drug-likeness (QED) is 0.245. The van der Waals surface area contributed by atoms with Crippen LogP contribution in [0.4, 0.5) is 17.1 Å². The lowest BCUT2D eigenvalue weighted by molar-refractivity contribution is 0.0782. The molecule has 0 aliphatic rings. The topological polar surface area (TPSA) is 98.7 Å². The first-order valence-corrected chi connectivity index (χ1v) is 11.4. The molecular formula is C28H27N3O4. The van der Waals surface area contributed by atoms with E-state index in [2.05, 4.69) is 10.6 Å². The molecule has 1 atom stereocenters. The Hall–Kier alpha value is -4.39. The Kier molecular flexibility index (Phi) is 6.96. The first-order valence-electron chi connectivity index (χ1n) is 11.4. The fourth-order valence-corrected chi connectivity index (χ4v) is 4.02. The minimum atomic E-state index is -0.673. The second-order valence-corrected chi connectivity index (χ2v) is 8.40. The van der Waals surface area contributed by atoms with Crippen LogP contribution < -0.4 is 21.5 Å². The number of phenols is 1. The number of carbonyl (C=O) groups is 1. The fraction of sp³-hybridized carbons (Fsp3) is 0.179. The summed E-state index contributed by atoms with van der Waals surface area (Å²) in [4.78, 5) is 39.2. The molecule has 3 N–H and O–H groups in total. The maximum absolute atomic E-state index is 13.0.